The molecule has 0 aliphatic carbocycles. The first-order valence-electron chi connectivity index (χ1n) is 14.2. The maximum atomic E-state index is 4.24. The summed E-state index contributed by atoms with van der Waals surface area (Å²) in [5.74, 6) is 0. The van der Waals surface area contributed by atoms with Crippen LogP contribution in [0, 0.1) is 0 Å². The molecule has 0 N–H and O–H groups in total. The summed E-state index contributed by atoms with van der Waals surface area (Å²) in [6.45, 7) is 26.0. The molecule has 0 bridgehead atoms. The average Bonchev–Trinajstić information content (AvgIpc) is 2.86. The van der Waals surface area contributed by atoms with Crippen molar-refractivity contribution in [1.29, 1.82) is 0 Å². The van der Waals surface area contributed by atoms with Crippen molar-refractivity contribution in [2.24, 2.45) is 0 Å². The summed E-state index contributed by atoms with van der Waals surface area (Å²) in [7, 11) is 0. The van der Waals surface area contributed by atoms with E-state index in [0.717, 1.165) is 12.0 Å². The Balaban J connectivity index is 4.96. The minimum atomic E-state index is 1.04. The minimum absolute atomic E-state index is 1.04. The second-order valence-electron chi connectivity index (χ2n) is 10.4. The topological polar surface area (TPSA) is 0 Å². The highest BCUT2D eigenvalue weighted by Crippen LogP contribution is 2.17. The van der Waals surface area contributed by atoms with Gasteiger partial charge < -0.3 is 0 Å². The van der Waals surface area contributed by atoms with Crippen LogP contribution in [0.25, 0.3) is 0 Å². The zero-order valence-electron chi connectivity index (χ0n) is 25.1. The fourth-order valence-electron chi connectivity index (χ4n) is 3.53. The molecule has 0 rings (SSSR count). The van der Waals surface area contributed by atoms with Gasteiger partial charge in [0, 0.05) is 0 Å². The van der Waals surface area contributed by atoms with Gasteiger partial charge in [-0.1, -0.05) is 125 Å². The predicted octanol–water partition coefficient (Wildman–Crippen LogP) is 12.3. The molecule has 0 fully saturated rings. The molecule has 0 amide bonds. The fraction of sp³-hybridized carbons (Fsp3) is 0.500. The van der Waals surface area contributed by atoms with Crippen LogP contribution in [0.3, 0.4) is 0 Å². The van der Waals surface area contributed by atoms with Crippen molar-refractivity contribution in [2.45, 2.75) is 120 Å². The molecule has 0 aromatic rings. The second-order valence-corrected chi connectivity index (χ2v) is 10.4. The summed E-state index contributed by atoms with van der Waals surface area (Å²) >= 11 is 0. The largest absolute Gasteiger partial charge is 0.0958 e. The van der Waals surface area contributed by atoms with Gasteiger partial charge in [-0.3, -0.25) is 0 Å². The van der Waals surface area contributed by atoms with Gasteiger partial charge >= 0.3 is 0 Å². The Hall–Kier alpha value is -2.34. The van der Waals surface area contributed by atoms with Gasteiger partial charge in [0.25, 0.3) is 0 Å². The number of rotatable bonds is 18. The number of hydrogen-bond acceptors (Lipinski definition) is 0. The van der Waals surface area contributed by atoms with Crippen LogP contribution in [0.2, 0.25) is 0 Å². The molecule has 200 valence electrons. The Bertz CT molecular complexity index is 886. The van der Waals surface area contributed by atoms with E-state index in [-0.39, 0.29) is 0 Å². The predicted molar refractivity (Wildman–Crippen MR) is 167 cm³/mol. The molecule has 0 aromatic heterocycles. The lowest BCUT2D eigenvalue weighted by Gasteiger charge is -2.04. The Morgan fingerprint density at radius 2 is 0.889 bits per heavy atom. The van der Waals surface area contributed by atoms with Crippen LogP contribution >= 0.6 is 0 Å². The zero-order chi connectivity index (χ0) is 27.3. The molecule has 0 saturated heterocycles. The number of unbranched alkanes of at least 4 members (excludes halogenated alkanes) is 6. The smallest absolute Gasteiger partial charge is 0.0285 e. The van der Waals surface area contributed by atoms with Gasteiger partial charge in [-0.2, -0.15) is 0 Å². The van der Waals surface area contributed by atoms with Gasteiger partial charge in [-0.05, 0) is 101 Å². The van der Waals surface area contributed by atoms with E-state index < -0.39 is 0 Å². The van der Waals surface area contributed by atoms with E-state index in [2.05, 4.69) is 117 Å². The number of hydrogen-bond donors (Lipinski definition) is 0. The third-order valence-corrected chi connectivity index (χ3v) is 6.83. The van der Waals surface area contributed by atoms with Crippen molar-refractivity contribution in [3.05, 3.63) is 106 Å². The number of allylic oxidation sites excluding steroid dienone is 16. The van der Waals surface area contributed by atoms with Crippen molar-refractivity contribution in [3.63, 3.8) is 0 Å². The molecule has 0 aliphatic rings. The van der Waals surface area contributed by atoms with Gasteiger partial charge in [0.1, 0.15) is 0 Å². The Morgan fingerprint density at radius 1 is 0.472 bits per heavy atom. The van der Waals surface area contributed by atoms with E-state index in [9.17, 15) is 0 Å². The third-order valence-electron chi connectivity index (χ3n) is 6.83. The van der Waals surface area contributed by atoms with Crippen LogP contribution in [-0.2, 0) is 0 Å². The second kappa shape index (κ2) is 20.8. The van der Waals surface area contributed by atoms with Crippen LogP contribution in [0.5, 0.6) is 0 Å². The van der Waals surface area contributed by atoms with Gasteiger partial charge in [-0.15, -0.1) is 0 Å². The normalized spacial score (nSPS) is 14.7. The van der Waals surface area contributed by atoms with Crippen LogP contribution in [-0.4, -0.2) is 0 Å². The summed E-state index contributed by atoms with van der Waals surface area (Å²) in [5.41, 5.74) is 10.0. The Morgan fingerprint density at radius 3 is 1.42 bits per heavy atom. The van der Waals surface area contributed by atoms with E-state index >= 15 is 0 Å². The molecule has 0 aromatic carbocycles. The van der Waals surface area contributed by atoms with Gasteiger partial charge in [0.05, 0.1) is 0 Å². The minimum Gasteiger partial charge on any atom is -0.0958 e. The molecular formula is C36H56. The lowest BCUT2D eigenvalue weighted by atomic mass is 10.0. The lowest BCUT2D eigenvalue weighted by molar-refractivity contribution is 0.633. The summed E-state index contributed by atoms with van der Waals surface area (Å²) in [4.78, 5) is 0. The molecule has 0 atom stereocenters. The van der Waals surface area contributed by atoms with Crippen molar-refractivity contribution < 1.29 is 0 Å². The van der Waals surface area contributed by atoms with Crippen LogP contribution < -0.4 is 0 Å². The first kappa shape index (κ1) is 33.7. The molecule has 36 heavy (non-hydrogen) atoms. The monoisotopic (exact) mass is 488 g/mol. The van der Waals surface area contributed by atoms with E-state index in [1.165, 1.54) is 96.8 Å². The third kappa shape index (κ3) is 17.1. The van der Waals surface area contributed by atoms with Crippen LogP contribution in [0.1, 0.15) is 120 Å². The van der Waals surface area contributed by atoms with Gasteiger partial charge in [0.2, 0.25) is 0 Å². The first-order chi connectivity index (χ1) is 17.1. The van der Waals surface area contributed by atoms with E-state index in [4.69, 9.17) is 0 Å². The average molecular weight is 489 g/mol. The lowest BCUT2D eigenvalue weighted by Crippen LogP contribution is -1.84. The van der Waals surface area contributed by atoms with E-state index in [0.29, 0.717) is 0 Å². The van der Waals surface area contributed by atoms with Crippen molar-refractivity contribution in [1.82, 2.24) is 0 Å². The van der Waals surface area contributed by atoms with Crippen molar-refractivity contribution >= 4 is 0 Å². The first-order valence-corrected chi connectivity index (χ1v) is 14.2. The molecule has 0 spiro atoms. The molecule has 0 radical (unpaired) electrons. The zero-order valence-corrected chi connectivity index (χ0v) is 25.1. The molecule has 0 heteroatoms. The fourth-order valence-corrected chi connectivity index (χ4v) is 3.53. The maximum Gasteiger partial charge on any atom is -0.0285 e. The quantitative estimate of drug-likeness (QED) is 0.133. The SMILES string of the molecule is C=C(/C=C\C(=C)/C(C)=C/C=C(C)/C(C)=C/C=C(C)/C(C)=C/C=C(\C)CCCCC)CCCCCCC. The van der Waals surface area contributed by atoms with Crippen LogP contribution in [0.4, 0.5) is 0 Å². The highest BCUT2D eigenvalue weighted by atomic mass is 14.0. The van der Waals surface area contributed by atoms with E-state index in [1.54, 1.807) is 0 Å². The molecule has 0 unspecified atom stereocenters. The Labute approximate surface area is 225 Å². The highest BCUT2D eigenvalue weighted by molar-refractivity contribution is 5.43. The highest BCUT2D eigenvalue weighted by Gasteiger charge is 1.97. The standard InChI is InChI=1S/C36H56/c1-11-13-15-16-18-20-30(4)22-24-32(6)34(8)26-28-36(10)35(9)27-25-33(7)31(5)23-21-29(3)19-17-14-12-2/h21-28H,4,6,11-20H2,1-3,5,7-10H3/b24-22-,29-21+,31-23+,33-25+,34-26+,35-27+,36-28+. The van der Waals surface area contributed by atoms with Crippen molar-refractivity contribution in [2.75, 3.05) is 0 Å². The molecule has 0 nitrogen and oxygen atoms in total. The summed E-state index contributed by atoms with van der Waals surface area (Å²) < 4.78 is 0. The Kier molecular flexibility index (Phi) is 19.5. The van der Waals surface area contributed by atoms with Gasteiger partial charge in [0.15, 0.2) is 0 Å². The molecular weight excluding hydrogens is 432 g/mol. The van der Waals surface area contributed by atoms with E-state index in [1.807, 2.05) is 0 Å². The maximum absolute atomic E-state index is 4.24. The molecule has 0 saturated carbocycles. The summed E-state index contributed by atoms with van der Waals surface area (Å²) in [5, 5.41) is 0. The summed E-state index contributed by atoms with van der Waals surface area (Å²) in [6.07, 6.45) is 30.3. The molecule has 0 heterocycles. The van der Waals surface area contributed by atoms with Crippen LogP contribution in [0.15, 0.2) is 106 Å². The van der Waals surface area contributed by atoms with Gasteiger partial charge in [-0.25, -0.2) is 0 Å². The molecule has 0 aliphatic heterocycles. The summed E-state index contributed by atoms with van der Waals surface area (Å²) in [6, 6.07) is 0. The van der Waals surface area contributed by atoms with Crippen molar-refractivity contribution in [3.8, 4) is 0 Å².